The van der Waals surface area contributed by atoms with Crippen molar-refractivity contribution in [2.45, 2.75) is 13.5 Å². The van der Waals surface area contributed by atoms with Crippen LogP contribution in [-0.4, -0.2) is 25.3 Å². The van der Waals surface area contributed by atoms with E-state index in [-0.39, 0.29) is 23.0 Å². The van der Waals surface area contributed by atoms with Gasteiger partial charge in [0.1, 0.15) is 28.8 Å². The Morgan fingerprint density at radius 3 is 2.59 bits per heavy atom. The van der Waals surface area contributed by atoms with E-state index < -0.39 is 34.4 Å². The number of aromatic nitrogens is 4. The maximum absolute atomic E-state index is 14.1. The van der Waals surface area contributed by atoms with E-state index >= 15 is 0 Å². The number of hydrogen-bond donors (Lipinski definition) is 2. The van der Waals surface area contributed by atoms with E-state index in [0.29, 0.717) is 18.0 Å². The fourth-order valence-corrected chi connectivity index (χ4v) is 3.78. The monoisotopic (exact) mass is 436 g/mol. The second-order valence-electron chi connectivity index (χ2n) is 7.52. The molecule has 9 heteroatoms. The van der Waals surface area contributed by atoms with Crippen molar-refractivity contribution in [3.8, 4) is 0 Å². The molecule has 5 rings (SSSR count). The minimum absolute atomic E-state index is 0.0899. The summed E-state index contributed by atoms with van der Waals surface area (Å²) in [5.41, 5.74) is 1.40. The van der Waals surface area contributed by atoms with Crippen molar-refractivity contribution in [2.24, 2.45) is 0 Å². The zero-order chi connectivity index (χ0) is 22.6. The quantitative estimate of drug-likeness (QED) is 0.414. The summed E-state index contributed by atoms with van der Waals surface area (Å²) in [5.74, 6) is -4.16. The van der Waals surface area contributed by atoms with Crippen LogP contribution in [0, 0.1) is 24.4 Å². The molecule has 0 amide bonds. The number of ketones is 1. The number of carbonyl (C=O) groups is 1. The molecule has 3 heterocycles. The highest BCUT2D eigenvalue weighted by atomic mass is 19.1. The number of aromatic amines is 2. The van der Waals surface area contributed by atoms with E-state index in [9.17, 15) is 22.8 Å². The highest BCUT2D eigenvalue weighted by Gasteiger charge is 2.24. The number of hydrogen-bond acceptors (Lipinski definition) is 3. The molecule has 6 nitrogen and oxygen atoms in total. The summed E-state index contributed by atoms with van der Waals surface area (Å²) in [7, 11) is 0. The molecule has 0 spiro atoms. The molecular formula is C23H15F3N4O2. The van der Waals surface area contributed by atoms with Gasteiger partial charge in [0.15, 0.2) is 0 Å². The lowest BCUT2D eigenvalue weighted by Gasteiger charge is -2.05. The van der Waals surface area contributed by atoms with Gasteiger partial charge in [-0.05, 0) is 30.7 Å². The molecule has 3 aromatic heterocycles. The largest absolute Gasteiger partial charge is 0.356 e. The second-order valence-corrected chi connectivity index (χ2v) is 7.52. The number of nitrogens with one attached hydrogen (secondary N) is 2. The van der Waals surface area contributed by atoms with Crippen LogP contribution in [0.3, 0.4) is 0 Å². The van der Waals surface area contributed by atoms with E-state index in [1.54, 1.807) is 0 Å². The highest BCUT2D eigenvalue weighted by molar-refractivity contribution is 6.16. The molecule has 0 radical (unpaired) electrons. The fourth-order valence-electron chi connectivity index (χ4n) is 3.78. The zero-order valence-electron chi connectivity index (χ0n) is 16.7. The maximum Gasteiger partial charge on any atom is 0.275 e. The van der Waals surface area contributed by atoms with Crippen molar-refractivity contribution >= 4 is 27.7 Å². The number of aryl methyl sites for hydroxylation is 1. The maximum atomic E-state index is 14.1. The molecule has 0 saturated heterocycles. The normalized spacial score (nSPS) is 11.5. The topological polar surface area (TPSA) is 83.5 Å². The Balaban J connectivity index is 1.53. The molecule has 32 heavy (non-hydrogen) atoms. The van der Waals surface area contributed by atoms with Gasteiger partial charge in [0.2, 0.25) is 5.78 Å². The lowest BCUT2D eigenvalue weighted by Crippen LogP contribution is -2.20. The number of fused-ring (bicyclic) bond motifs is 2. The van der Waals surface area contributed by atoms with E-state index in [1.165, 1.54) is 23.0 Å². The molecule has 2 aromatic carbocycles. The Hall–Kier alpha value is -4.14. The van der Waals surface area contributed by atoms with Crippen LogP contribution in [0.4, 0.5) is 13.2 Å². The van der Waals surface area contributed by atoms with E-state index in [0.717, 1.165) is 16.6 Å². The van der Waals surface area contributed by atoms with Crippen molar-refractivity contribution in [1.29, 1.82) is 0 Å². The molecule has 160 valence electrons. The first kappa shape index (κ1) is 19.8. The van der Waals surface area contributed by atoms with Crippen LogP contribution in [0.1, 0.15) is 27.3 Å². The van der Waals surface area contributed by atoms with Crippen molar-refractivity contribution in [2.75, 3.05) is 0 Å². The van der Waals surface area contributed by atoms with Crippen LogP contribution in [0.25, 0.3) is 21.9 Å². The van der Waals surface area contributed by atoms with Crippen molar-refractivity contribution in [1.82, 2.24) is 19.5 Å². The van der Waals surface area contributed by atoms with Gasteiger partial charge in [-0.3, -0.25) is 9.59 Å². The number of nitrogens with zero attached hydrogens (tertiary/aromatic N) is 2. The smallest absolute Gasteiger partial charge is 0.275 e. The average Bonchev–Trinajstić information content (AvgIpc) is 3.33. The summed E-state index contributed by atoms with van der Waals surface area (Å²) in [6.07, 6.45) is 2.69. The van der Waals surface area contributed by atoms with E-state index in [2.05, 4.69) is 15.0 Å². The molecule has 5 aromatic rings. The molecule has 0 unspecified atom stereocenters. The molecular weight excluding hydrogens is 421 g/mol. The molecule has 0 aliphatic carbocycles. The molecule has 0 saturated carbocycles. The minimum Gasteiger partial charge on any atom is -0.356 e. The summed E-state index contributed by atoms with van der Waals surface area (Å²) < 4.78 is 42.7. The van der Waals surface area contributed by atoms with Gasteiger partial charge in [0.05, 0.1) is 23.1 Å². The number of H-pyrrole nitrogens is 2. The molecule has 0 bridgehead atoms. The molecule has 2 N–H and O–H groups in total. The lowest BCUT2D eigenvalue weighted by atomic mass is 10.0. The second kappa shape index (κ2) is 7.23. The summed E-state index contributed by atoms with van der Waals surface area (Å²) in [5, 5.41) is 0.208. The third-order valence-corrected chi connectivity index (χ3v) is 5.30. The van der Waals surface area contributed by atoms with Crippen LogP contribution in [-0.2, 0) is 6.54 Å². The number of rotatable bonds is 4. The summed E-state index contributed by atoms with van der Waals surface area (Å²) in [4.78, 5) is 36.0. The fraction of sp³-hybridized carbons (Fsp3) is 0.0870. The van der Waals surface area contributed by atoms with Gasteiger partial charge < -0.3 is 14.5 Å². The van der Waals surface area contributed by atoms with Crippen molar-refractivity contribution in [3.05, 3.63) is 99.1 Å². The van der Waals surface area contributed by atoms with Crippen LogP contribution < -0.4 is 5.56 Å². The third kappa shape index (κ3) is 3.18. The summed E-state index contributed by atoms with van der Waals surface area (Å²) >= 11 is 0. The van der Waals surface area contributed by atoms with Gasteiger partial charge in [0.25, 0.3) is 5.56 Å². The Morgan fingerprint density at radius 2 is 1.84 bits per heavy atom. The minimum atomic E-state index is -1.31. The lowest BCUT2D eigenvalue weighted by molar-refractivity contribution is 0.103. The number of halogens is 3. The highest BCUT2D eigenvalue weighted by Crippen LogP contribution is 2.23. The number of carbonyl (C=O) groups excluding carboxylic acids is 1. The standard InChI is InChI=1S/C23H15F3N4O2/c1-11-2-3-17-18(6-11)29-19(28-17)10-30-5-4-13-14(9-27-21(13)23(30)32)22(31)20-15(25)7-12(24)8-16(20)26/h2-9,27H,10H2,1H3,(H,28,29). The Kier molecular flexibility index (Phi) is 4.47. The van der Waals surface area contributed by atoms with Gasteiger partial charge in [0, 0.05) is 35.5 Å². The van der Waals surface area contributed by atoms with Crippen LogP contribution >= 0.6 is 0 Å². The number of imidazole rings is 1. The first-order valence-electron chi connectivity index (χ1n) is 9.67. The van der Waals surface area contributed by atoms with Gasteiger partial charge in [-0.2, -0.15) is 0 Å². The molecule has 0 fully saturated rings. The van der Waals surface area contributed by atoms with Crippen molar-refractivity contribution < 1.29 is 18.0 Å². The summed E-state index contributed by atoms with van der Waals surface area (Å²) in [6, 6.07) is 8.16. The van der Waals surface area contributed by atoms with Gasteiger partial charge in [-0.15, -0.1) is 0 Å². The first-order valence-corrected chi connectivity index (χ1v) is 9.67. The van der Waals surface area contributed by atoms with Gasteiger partial charge in [-0.1, -0.05) is 6.07 Å². The van der Waals surface area contributed by atoms with Gasteiger partial charge in [-0.25, -0.2) is 18.2 Å². The molecule has 0 aliphatic heterocycles. The SMILES string of the molecule is Cc1ccc2nc(Cn3ccc4c(C(=O)c5c(F)cc(F)cc5F)c[nH]c4c3=O)[nH]c2c1. The van der Waals surface area contributed by atoms with Crippen molar-refractivity contribution in [3.63, 3.8) is 0 Å². The Labute approximate surface area is 178 Å². The summed E-state index contributed by atoms with van der Waals surface area (Å²) in [6.45, 7) is 2.12. The third-order valence-electron chi connectivity index (χ3n) is 5.30. The predicted octanol–water partition coefficient (Wildman–Crippen LogP) is 4.21. The van der Waals surface area contributed by atoms with Crippen LogP contribution in [0.2, 0.25) is 0 Å². The first-order chi connectivity index (χ1) is 15.3. The van der Waals surface area contributed by atoms with Gasteiger partial charge >= 0.3 is 0 Å². The average molecular weight is 436 g/mol. The van der Waals surface area contributed by atoms with Crippen LogP contribution in [0.15, 0.2) is 53.6 Å². The van der Waals surface area contributed by atoms with Crippen LogP contribution in [0.5, 0.6) is 0 Å². The number of benzene rings is 2. The Morgan fingerprint density at radius 1 is 1.09 bits per heavy atom. The van der Waals surface area contributed by atoms with E-state index in [4.69, 9.17) is 0 Å². The Bertz CT molecular complexity index is 1570. The predicted molar refractivity (Wildman–Crippen MR) is 112 cm³/mol. The zero-order valence-corrected chi connectivity index (χ0v) is 16.7. The molecule has 0 atom stereocenters. The number of pyridine rings is 1. The molecule has 0 aliphatic rings. The van der Waals surface area contributed by atoms with E-state index in [1.807, 2.05) is 25.1 Å².